The van der Waals surface area contributed by atoms with Crippen molar-refractivity contribution in [2.75, 3.05) is 11.9 Å². The Bertz CT molecular complexity index is 804. The summed E-state index contributed by atoms with van der Waals surface area (Å²) in [7, 11) is 0. The smallest absolute Gasteiger partial charge is 0.330 e. The monoisotopic (exact) mass is 384 g/mol. The van der Waals surface area contributed by atoms with Crippen LogP contribution in [0.3, 0.4) is 0 Å². The van der Waals surface area contributed by atoms with Gasteiger partial charge in [0.05, 0.1) is 6.61 Å². The van der Waals surface area contributed by atoms with Gasteiger partial charge in [-0.2, -0.15) is 0 Å². The van der Waals surface area contributed by atoms with E-state index in [2.05, 4.69) is 15.4 Å². The highest BCUT2D eigenvalue weighted by molar-refractivity contribution is 7.80. The predicted molar refractivity (Wildman–Crippen MR) is 107 cm³/mol. The number of carbonyl (C=O) groups excluding carboxylic acids is 2. The van der Waals surface area contributed by atoms with Gasteiger partial charge in [-0.3, -0.25) is 10.1 Å². The second kappa shape index (κ2) is 10.7. The Kier molecular flexibility index (Phi) is 7.99. The van der Waals surface area contributed by atoms with Crippen LogP contribution < -0.4 is 15.4 Å². The Morgan fingerprint density at radius 1 is 1.04 bits per heavy atom. The number of hydrogen-bond donors (Lipinski definition) is 2. The molecule has 0 atom stereocenters. The zero-order chi connectivity index (χ0) is 19.5. The zero-order valence-corrected chi connectivity index (χ0v) is 15.6. The fourth-order valence-electron chi connectivity index (χ4n) is 2.03. The second-order valence-corrected chi connectivity index (χ2v) is 5.74. The Labute approximate surface area is 163 Å². The molecule has 0 aliphatic heterocycles. The van der Waals surface area contributed by atoms with Crippen molar-refractivity contribution in [1.82, 2.24) is 5.32 Å². The van der Waals surface area contributed by atoms with Crippen molar-refractivity contribution in [3.63, 3.8) is 0 Å². The van der Waals surface area contributed by atoms with Crippen molar-refractivity contribution < 1.29 is 19.1 Å². The van der Waals surface area contributed by atoms with Gasteiger partial charge in [0.25, 0.3) is 0 Å². The summed E-state index contributed by atoms with van der Waals surface area (Å²) in [5.74, 6) is -0.391. The number of amides is 1. The normalized spacial score (nSPS) is 10.3. The Hall–Kier alpha value is -3.19. The van der Waals surface area contributed by atoms with Crippen LogP contribution in [0.5, 0.6) is 5.75 Å². The molecule has 27 heavy (non-hydrogen) atoms. The number of anilines is 1. The lowest BCUT2D eigenvalue weighted by atomic mass is 10.2. The summed E-state index contributed by atoms with van der Waals surface area (Å²) in [6, 6.07) is 17.0. The van der Waals surface area contributed by atoms with Crippen molar-refractivity contribution in [3.8, 4) is 5.75 Å². The zero-order valence-electron chi connectivity index (χ0n) is 14.8. The maximum absolute atomic E-state index is 11.7. The first kappa shape index (κ1) is 20.1. The van der Waals surface area contributed by atoms with Crippen LogP contribution in [0.2, 0.25) is 0 Å². The number of esters is 1. The molecule has 0 aliphatic carbocycles. The molecule has 0 radical (unpaired) electrons. The lowest BCUT2D eigenvalue weighted by Gasteiger charge is -2.10. The summed E-state index contributed by atoms with van der Waals surface area (Å²) in [4.78, 5) is 22.8. The quantitative estimate of drug-likeness (QED) is 0.434. The van der Waals surface area contributed by atoms with Crippen molar-refractivity contribution in [2.24, 2.45) is 0 Å². The molecule has 6 nitrogen and oxygen atoms in total. The molecule has 0 spiro atoms. The largest absolute Gasteiger partial charge is 0.489 e. The van der Waals surface area contributed by atoms with Crippen molar-refractivity contribution in [1.29, 1.82) is 0 Å². The van der Waals surface area contributed by atoms with Gasteiger partial charge in [-0.15, -0.1) is 0 Å². The molecule has 140 valence electrons. The molecule has 0 fully saturated rings. The highest BCUT2D eigenvalue weighted by atomic mass is 32.1. The van der Waals surface area contributed by atoms with Crippen molar-refractivity contribution in [2.45, 2.75) is 13.5 Å². The molecular formula is C20H20N2O4S. The number of hydrogen-bond acceptors (Lipinski definition) is 5. The van der Waals surface area contributed by atoms with Crippen LogP contribution in [0.25, 0.3) is 0 Å². The van der Waals surface area contributed by atoms with Gasteiger partial charge in [0.2, 0.25) is 5.91 Å². The van der Waals surface area contributed by atoms with Gasteiger partial charge in [-0.1, -0.05) is 30.3 Å². The number of ether oxygens (including phenoxy) is 2. The van der Waals surface area contributed by atoms with Crippen LogP contribution in [-0.2, 0) is 20.9 Å². The molecule has 0 bridgehead atoms. The minimum Gasteiger partial charge on any atom is -0.489 e. The van der Waals surface area contributed by atoms with E-state index in [9.17, 15) is 9.59 Å². The van der Waals surface area contributed by atoms with Gasteiger partial charge < -0.3 is 14.8 Å². The molecule has 0 saturated carbocycles. The molecular weight excluding hydrogens is 364 g/mol. The maximum atomic E-state index is 11.7. The molecule has 0 saturated heterocycles. The fourth-order valence-corrected chi connectivity index (χ4v) is 2.24. The third-order valence-electron chi connectivity index (χ3n) is 3.25. The number of nitrogens with one attached hydrogen (secondary N) is 2. The standard InChI is InChI=1S/C20H20N2O4S/c1-2-25-19(24)13-12-18(23)22-20(27)21-16-8-10-17(11-9-16)26-14-15-6-4-3-5-7-15/h3-13H,2,14H2,1H3,(H2,21,22,23,27). The highest BCUT2D eigenvalue weighted by Crippen LogP contribution is 2.17. The summed E-state index contributed by atoms with van der Waals surface area (Å²) >= 11 is 5.07. The maximum Gasteiger partial charge on any atom is 0.330 e. The number of carbonyl (C=O) groups is 2. The molecule has 2 aromatic carbocycles. The molecule has 0 unspecified atom stereocenters. The van der Waals surface area contributed by atoms with Gasteiger partial charge >= 0.3 is 5.97 Å². The Balaban J connectivity index is 1.78. The molecule has 2 aromatic rings. The van der Waals surface area contributed by atoms with Crippen molar-refractivity contribution >= 4 is 34.9 Å². The number of benzene rings is 2. The second-order valence-electron chi connectivity index (χ2n) is 5.33. The van der Waals surface area contributed by atoms with E-state index in [1.165, 1.54) is 0 Å². The van der Waals surface area contributed by atoms with Gasteiger partial charge in [0.1, 0.15) is 12.4 Å². The van der Waals surface area contributed by atoms with E-state index in [0.717, 1.165) is 23.5 Å². The molecule has 0 aromatic heterocycles. The van der Waals surface area contributed by atoms with E-state index in [1.54, 1.807) is 31.2 Å². The average Bonchev–Trinajstić information content (AvgIpc) is 2.67. The van der Waals surface area contributed by atoms with Gasteiger partial charge in [-0.05, 0) is 49.0 Å². The van der Waals surface area contributed by atoms with Crippen LogP contribution in [0.4, 0.5) is 5.69 Å². The van der Waals surface area contributed by atoms with E-state index in [1.807, 2.05) is 30.3 Å². The van der Waals surface area contributed by atoms with E-state index in [4.69, 9.17) is 17.0 Å². The first-order chi connectivity index (χ1) is 13.1. The van der Waals surface area contributed by atoms with E-state index >= 15 is 0 Å². The summed E-state index contributed by atoms with van der Waals surface area (Å²) < 4.78 is 10.4. The Morgan fingerprint density at radius 2 is 1.74 bits per heavy atom. The predicted octanol–water partition coefficient (Wildman–Crippen LogP) is 3.20. The van der Waals surface area contributed by atoms with Crippen molar-refractivity contribution in [3.05, 3.63) is 72.3 Å². The Morgan fingerprint density at radius 3 is 2.41 bits per heavy atom. The van der Waals surface area contributed by atoms with E-state index in [0.29, 0.717) is 12.3 Å². The molecule has 2 N–H and O–H groups in total. The van der Waals surface area contributed by atoms with Gasteiger partial charge in [-0.25, -0.2) is 4.79 Å². The van der Waals surface area contributed by atoms with Gasteiger partial charge in [0.15, 0.2) is 5.11 Å². The molecule has 7 heteroatoms. The average molecular weight is 384 g/mol. The highest BCUT2D eigenvalue weighted by Gasteiger charge is 2.04. The lowest BCUT2D eigenvalue weighted by Crippen LogP contribution is -2.32. The third-order valence-corrected chi connectivity index (χ3v) is 3.46. The lowest BCUT2D eigenvalue weighted by molar-refractivity contribution is -0.137. The first-order valence-electron chi connectivity index (χ1n) is 8.30. The minimum atomic E-state index is -0.586. The van der Waals surface area contributed by atoms with E-state index in [-0.39, 0.29) is 11.7 Å². The minimum absolute atomic E-state index is 0.117. The SMILES string of the molecule is CCOC(=O)C=CC(=O)NC(=S)Nc1ccc(OCc2ccccc2)cc1. The first-order valence-corrected chi connectivity index (χ1v) is 8.71. The topological polar surface area (TPSA) is 76.7 Å². The van der Waals surface area contributed by atoms with Crippen LogP contribution in [-0.4, -0.2) is 23.6 Å². The summed E-state index contributed by atoms with van der Waals surface area (Å²) in [5, 5.41) is 5.44. The van der Waals surface area contributed by atoms with E-state index < -0.39 is 11.9 Å². The summed E-state index contributed by atoms with van der Waals surface area (Å²) in [6.45, 7) is 2.41. The molecule has 0 heterocycles. The molecule has 0 aliphatic rings. The van der Waals surface area contributed by atoms with Gasteiger partial charge in [0, 0.05) is 17.8 Å². The molecule has 1 amide bonds. The molecule has 2 rings (SSSR count). The summed E-state index contributed by atoms with van der Waals surface area (Å²) in [6.07, 6.45) is 2.10. The number of rotatable bonds is 7. The third kappa shape index (κ3) is 7.70. The van der Waals surface area contributed by atoms with Crippen LogP contribution in [0.15, 0.2) is 66.7 Å². The number of thiocarbonyl (C=S) groups is 1. The van der Waals surface area contributed by atoms with Crippen LogP contribution >= 0.6 is 12.2 Å². The summed E-state index contributed by atoms with van der Waals surface area (Å²) in [5.41, 5.74) is 1.78. The fraction of sp³-hybridized carbons (Fsp3) is 0.150. The van der Waals surface area contributed by atoms with Crippen LogP contribution in [0.1, 0.15) is 12.5 Å². The van der Waals surface area contributed by atoms with Crippen LogP contribution in [0, 0.1) is 0 Å².